The molecule has 24 heavy (non-hydrogen) atoms. The van der Waals surface area contributed by atoms with Crippen LogP contribution in [0.4, 0.5) is 0 Å². The summed E-state index contributed by atoms with van der Waals surface area (Å²) >= 11 is 0. The quantitative estimate of drug-likeness (QED) is 0.831. The monoisotopic (exact) mass is 349 g/mol. The van der Waals surface area contributed by atoms with Crippen molar-refractivity contribution in [1.82, 2.24) is 13.9 Å². The molecular formula is C17H23N3O3S. The first-order chi connectivity index (χ1) is 11.5. The lowest BCUT2D eigenvalue weighted by Crippen LogP contribution is -2.39. The fraction of sp³-hybridized carbons (Fsp3) is 0.471. The Balaban J connectivity index is 1.84. The molecule has 0 saturated carbocycles. The molecule has 1 aliphatic rings. The van der Waals surface area contributed by atoms with Gasteiger partial charge < -0.3 is 9.30 Å². The molecule has 7 heteroatoms. The van der Waals surface area contributed by atoms with E-state index in [1.165, 1.54) is 0 Å². The van der Waals surface area contributed by atoms with E-state index in [4.69, 9.17) is 4.74 Å². The molecule has 2 heterocycles. The number of hydrogen-bond acceptors (Lipinski definition) is 4. The minimum Gasteiger partial charge on any atom is -0.494 e. The molecule has 1 aromatic carbocycles. The molecule has 2 aromatic rings. The van der Waals surface area contributed by atoms with Gasteiger partial charge in [0.2, 0.25) is 10.0 Å². The number of nitrogens with zero attached hydrogens (tertiary/aromatic N) is 3. The first-order valence-electron chi connectivity index (χ1n) is 8.22. The fourth-order valence-electron chi connectivity index (χ4n) is 3.18. The van der Waals surface area contributed by atoms with Crippen LogP contribution in [0.25, 0.3) is 0 Å². The van der Waals surface area contributed by atoms with E-state index in [0.29, 0.717) is 25.4 Å². The second-order valence-electron chi connectivity index (χ2n) is 6.01. The molecule has 0 radical (unpaired) electrons. The van der Waals surface area contributed by atoms with Gasteiger partial charge in [0.05, 0.1) is 11.5 Å². The lowest BCUT2D eigenvalue weighted by atomic mass is 9.99. The number of rotatable bonds is 5. The highest BCUT2D eigenvalue weighted by atomic mass is 32.2. The molecule has 6 nitrogen and oxygen atoms in total. The molecule has 3 rings (SSSR count). The summed E-state index contributed by atoms with van der Waals surface area (Å²) in [6.07, 6.45) is 5.44. The van der Waals surface area contributed by atoms with E-state index in [9.17, 15) is 8.42 Å². The van der Waals surface area contributed by atoms with Crippen LogP contribution >= 0.6 is 0 Å². The summed E-state index contributed by atoms with van der Waals surface area (Å²) in [5.41, 5.74) is 0. The maximum absolute atomic E-state index is 13.0. The molecule has 0 N–H and O–H groups in total. The zero-order chi connectivity index (χ0) is 17.2. The molecule has 1 atom stereocenters. The minimum absolute atomic E-state index is 0.128. The molecule has 0 aliphatic carbocycles. The largest absolute Gasteiger partial charge is 0.494 e. The predicted molar refractivity (Wildman–Crippen MR) is 91.6 cm³/mol. The zero-order valence-electron chi connectivity index (χ0n) is 14.1. The Morgan fingerprint density at radius 2 is 2.21 bits per heavy atom. The Bertz CT molecular complexity index is 801. The number of ether oxygens (including phenoxy) is 1. The average Bonchev–Trinajstić information content (AvgIpc) is 3.02. The molecule has 1 saturated heterocycles. The number of piperidine rings is 1. The first-order valence-corrected chi connectivity index (χ1v) is 9.66. The van der Waals surface area contributed by atoms with Crippen molar-refractivity contribution in [3.05, 3.63) is 42.5 Å². The van der Waals surface area contributed by atoms with Crippen molar-refractivity contribution >= 4 is 10.0 Å². The second kappa shape index (κ2) is 6.94. The van der Waals surface area contributed by atoms with Crippen LogP contribution in [-0.2, 0) is 17.1 Å². The second-order valence-corrected chi connectivity index (χ2v) is 7.94. The Kier molecular flexibility index (Phi) is 4.91. The van der Waals surface area contributed by atoms with Gasteiger partial charge in [0, 0.05) is 44.5 Å². The summed E-state index contributed by atoms with van der Waals surface area (Å²) in [7, 11) is -1.58. The summed E-state index contributed by atoms with van der Waals surface area (Å²) in [5.74, 6) is 1.65. The highest BCUT2D eigenvalue weighted by Gasteiger charge is 2.32. The third-order valence-corrected chi connectivity index (χ3v) is 6.22. The van der Waals surface area contributed by atoms with Gasteiger partial charge in [0.15, 0.2) is 0 Å². The van der Waals surface area contributed by atoms with Crippen molar-refractivity contribution in [3.63, 3.8) is 0 Å². The normalized spacial score (nSPS) is 19.3. The number of aromatic nitrogens is 2. The van der Waals surface area contributed by atoms with Crippen LogP contribution in [0.3, 0.4) is 0 Å². The third kappa shape index (κ3) is 3.32. The minimum atomic E-state index is -3.52. The fourth-order valence-corrected chi connectivity index (χ4v) is 4.74. The van der Waals surface area contributed by atoms with Crippen LogP contribution in [-0.4, -0.2) is 42.0 Å². The smallest absolute Gasteiger partial charge is 0.243 e. The highest BCUT2D eigenvalue weighted by molar-refractivity contribution is 7.89. The topological polar surface area (TPSA) is 64.4 Å². The van der Waals surface area contributed by atoms with E-state index < -0.39 is 10.0 Å². The van der Waals surface area contributed by atoms with E-state index in [2.05, 4.69) is 4.98 Å². The summed E-state index contributed by atoms with van der Waals surface area (Å²) in [4.78, 5) is 4.67. The predicted octanol–water partition coefficient (Wildman–Crippen LogP) is 2.39. The number of benzene rings is 1. The molecule has 0 bridgehead atoms. The van der Waals surface area contributed by atoms with Gasteiger partial charge in [-0.3, -0.25) is 0 Å². The average molecular weight is 349 g/mol. The van der Waals surface area contributed by atoms with Gasteiger partial charge in [-0.2, -0.15) is 4.31 Å². The molecule has 1 aliphatic heterocycles. The van der Waals surface area contributed by atoms with Gasteiger partial charge in [-0.25, -0.2) is 13.4 Å². The Morgan fingerprint density at radius 1 is 1.38 bits per heavy atom. The summed E-state index contributed by atoms with van der Waals surface area (Å²) in [6.45, 7) is 3.39. The number of imidazole rings is 1. The summed E-state index contributed by atoms with van der Waals surface area (Å²) < 4.78 is 34.9. The molecule has 0 spiro atoms. The van der Waals surface area contributed by atoms with E-state index in [1.54, 1.807) is 34.8 Å². The SMILES string of the molecule is CCOc1cccc(S(=O)(=O)N2CCCC(c3nccn3C)C2)c1. The van der Waals surface area contributed by atoms with Gasteiger partial charge in [-0.1, -0.05) is 6.07 Å². The number of hydrogen-bond donors (Lipinski definition) is 0. The van der Waals surface area contributed by atoms with Gasteiger partial charge in [0.1, 0.15) is 11.6 Å². The van der Waals surface area contributed by atoms with Crippen LogP contribution in [0, 0.1) is 0 Å². The Morgan fingerprint density at radius 3 is 2.92 bits per heavy atom. The van der Waals surface area contributed by atoms with Crippen molar-refractivity contribution in [3.8, 4) is 5.75 Å². The van der Waals surface area contributed by atoms with Crippen molar-refractivity contribution < 1.29 is 13.2 Å². The van der Waals surface area contributed by atoms with Crippen LogP contribution < -0.4 is 4.74 Å². The maximum Gasteiger partial charge on any atom is 0.243 e. The van der Waals surface area contributed by atoms with Crippen LogP contribution in [0.15, 0.2) is 41.6 Å². The Hall–Kier alpha value is -1.86. The van der Waals surface area contributed by atoms with Gasteiger partial charge in [-0.15, -0.1) is 0 Å². The van der Waals surface area contributed by atoms with Gasteiger partial charge in [0.25, 0.3) is 0 Å². The highest BCUT2D eigenvalue weighted by Crippen LogP contribution is 2.30. The van der Waals surface area contributed by atoms with E-state index in [1.807, 2.05) is 24.7 Å². The summed E-state index contributed by atoms with van der Waals surface area (Å²) in [5, 5.41) is 0. The van der Waals surface area contributed by atoms with Crippen LogP contribution in [0.2, 0.25) is 0 Å². The zero-order valence-corrected chi connectivity index (χ0v) is 14.9. The van der Waals surface area contributed by atoms with Gasteiger partial charge >= 0.3 is 0 Å². The number of aryl methyl sites for hydroxylation is 1. The molecule has 0 amide bonds. The molecule has 1 unspecified atom stereocenters. The molecule has 130 valence electrons. The van der Waals surface area contributed by atoms with Crippen molar-refractivity contribution in [2.24, 2.45) is 7.05 Å². The maximum atomic E-state index is 13.0. The molecular weight excluding hydrogens is 326 g/mol. The van der Waals surface area contributed by atoms with Crippen molar-refractivity contribution in [2.45, 2.75) is 30.6 Å². The lowest BCUT2D eigenvalue weighted by Gasteiger charge is -2.31. The first kappa shape index (κ1) is 17.0. The van der Waals surface area contributed by atoms with E-state index >= 15 is 0 Å². The Labute approximate surface area is 143 Å². The number of sulfonamides is 1. The van der Waals surface area contributed by atoms with Crippen molar-refractivity contribution in [2.75, 3.05) is 19.7 Å². The molecule has 1 fully saturated rings. The van der Waals surface area contributed by atoms with E-state index in [0.717, 1.165) is 18.7 Å². The third-order valence-electron chi connectivity index (χ3n) is 4.36. The summed E-state index contributed by atoms with van der Waals surface area (Å²) in [6, 6.07) is 6.72. The van der Waals surface area contributed by atoms with Crippen molar-refractivity contribution in [1.29, 1.82) is 0 Å². The van der Waals surface area contributed by atoms with Crippen LogP contribution in [0.5, 0.6) is 5.75 Å². The molecule has 1 aromatic heterocycles. The van der Waals surface area contributed by atoms with E-state index in [-0.39, 0.29) is 10.8 Å². The van der Waals surface area contributed by atoms with Crippen LogP contribution in [0.1, 0.15) is 31.5 Å². The lowest BCUT2D eigenvalue weighted by molar-refractivity contribution is 0.306. The standard InChI is InChI=1S/C17H23N3O3S/c1-3-23-15-7-4-8-16(12-15)24(21,22)20-10-5-6-14(13-20)17-18-9-11-19(17)2/h4,7-9,11-12,14H,3,5-6,10,13H2,1-2H3. The van der Waals surface area contributed by atoms with Gasteiger partial charge in [-0.05, 0) is 31.9 Å².